The van der Waals surface area contributed by atoms with E-state index in [9.17, 15) is 4.79 Å². The average Bonchev–Trinajstić information content (AvgIpc) is 2.49. The molecule has 2 aromatic heterocycles. The van der Waals surface area contributed by atoms with E-state index in [0.29, 0.717) is 5.69 Å². The van der Waals surface area contributed by atoms with Crippen molar-refractivity contribution in [3.63, 3.8) is 0 Å². The third-order valence-corrected chi connectivity index (χ3v) is 2.92. The Hall–Kier alpha value is -2.30. The van der Waals surface area contributed by atoms with Gasteiger partial charge in [0.05, 0.1) is 0 Å². The summed E-state index contributed by atoms with van der Waals surface area (Å²) in [5, 5.41) is 2.61. The average molecular weight is 270 g/mol. The molecule has 0 aliphatic carbocycles. The molecule has 0 fully saturated rings. The van der Waals surface area contributed by atoms with Gasteiger partial charge in [0.1, 0.15) is 5.69 Å². The van der Waals surface area contributed by atoms with Crippen molar-refractivity contribution in [1.82, 2.24) is 15.0 Å². The zero-order valence-electron chi connectivity index (χ0n) is 11.5. The highest BCUT2D eigenvalue weighted by Gasteiger charge is 2.08. The standard InChI is InChI=1S/C15H18N4O/c1-2-3-4-6-12-7-8-13(18-11-12)14(20)19-15-16-9-5-10-17-15/h5,7-11H,2-4,6H2,1H3,(H,16,17,19,20). The van der Waals surface area contributed by atoms with Crippen LogP contribution in [0.15, 0.2) is 36.8 Å². The molecular weight excluding hydrogens is 252 g/mol. The molecule has 104 valence electrons. The van der Waals surface area contributed by atoms with Crippen LogP contribution in [0, 0.1) is 0 Å². The van der Waals surface area contributed by atoms with Crippen LogP contribution in [0.1, 0.15) is 42.2 Å². The summed E-state index contributed by atoms with van der Waals surface area (Å²) in [5.74, 6) is -0.0115. The molecule has 2 heterocycles. The maximum Gasteiger partial charge on any atom is 0.276 e. The van der Waals surface area contributed by atoms with Crippen LogP contribution >= 0.6 is 0 Å². The molecule has 5 nitrogen and oxygen atoms in total. The fourth-order valence-corrected chi connectivity index (χ4v) is 1.82. The second kappa shape index (κ2) is 7.33. The molecule has 0 saturated heterocycles. The van der Waals surface area contributed by atoms with Gasteiger partial charge in [0.15, 0.2) is 0 Å². The van der Waals surface area contributed by atoms with Crippen LogP contribution in [0.2, 0.25) is 0 Å². The second-order valence-corrected chi connectivity index (χ2v) is 4.54. The molecule has 1 amide bonds. The van der Waals surface area contributed by atoms with Gasteiger partial charge in [-0.15, -0.1) is 0 Å². The molecule has 2 aromatic rings. The second-order valence-electron chi connectivity index (χ2n) is 4.54. The molecule has 1 N–H and O–H groups in total. The number of rotatable bonds is 6. The number of nitrogens with zero attached hydrogens (tertiary/aromatic N) is 3. The molecule has 20 heavy (non-hydrogen) atoms. The Morgan fingerprint density at radius 2 is 1.95 bits per heavy atom. The third-order valence-electron chi connectivity index (χ3n) is 2.92. The monoisotopic (exact) mass is 270 g/mol. The highest BCUT2D eigenvalue weighted by molar-refractivity contribution is 6.01. The first-order chi connectivity index (χ1) is 9.79. The fourth-order valence-electron chi connectivity index (χ4n) is 1.82. The summed E-state index contributed by atoms with van der Waals surface area (Å²) < 4.78 is 0. The van der Waals surface area contributed by atoms with Crippen molar-refractivity contribution in [2.45, 2.75) is 32.6 Å². The number of unbranched alkanes of at least 4 members (excludes halogenated alkanes) is 2. The predicted octanol–water partition coefficient (Wildman–Crippen LogP) is 2.86. The van der Waals surface area contributed by atoms with Gasteiger partial charge < -0.3 is 0 Å². The van der Waals surface area contributed by atoms with Gasteiger partial charge in [-0.1, -0.05) is 25.8 Å². The lowest BCUT2D eigenvalue weighted by Crippen LogP contribution is -2.15. The van der Waals surface area contributed by atoms with Crippen molar-refractivity contribution >= 4 is 11.9 Å². The van der Waals surface area contributed by atoms with Crippen LogP contribution in [0.25, 0.3) is 0 Å². The number of pyridine rings is 1. The molecule has 0 bridgehead atoms. The van der Waals surface area contributed by atoms with Crippen molar-refractivity contribution in [1.29, 1.82) is 0 Å². The summed E-state index contributed by atoms with van der Waals surface area (Å²) in [6, 6.07) is 5.38. The first-order valence-corrected chi connectivity index (χ1v) is 6.83. The molecule has 0 atom stereocenters. The lowest BCUT2D eigenvalue weighted by atomic mass is 10.1. The number of amides is 1. The summed E-state index contributed by atoms with van der Waals surface area (Å²) in [7, 11) is 0. The van der Waals surface area contributed by atoms with Crippen LogP contribution in [-0.4, -0.2) is 20.9 Å². The molecular formula is C15H18N4O. The van der Waals surface area contributed by atoms with Crippen LogP contribution in [0.5, 0.6) is 0 Å². The highest BCUT2D eigenvalue weighted by Crippen LogP contribution is 2.07. The molecule has 0 aliphatic heterocycles. The van der Waals surface area contributed by atoms with E-state index in [0.717, 1.165) is 18.4 Å². The maximum absolute atomic E-state index is 11.9. The van der Waals surface area contributed by atoms with Gasteiger partial charge in [-0.25, -0.2) is 9.97 Å². The van der Waals surface area contributed by atoms with Gasteiger partial charge in [-0.3, -0.25) is 15.1 Å². The summed E-state index contributed by atoms with van der Waals surface area (Å²) in [6.45, 7) is 2.18. The predicted molar refractivity (Wildman–Crippen MR) is 77.5 cm³/mol. The Bertz CT molecular complexity index is 540. The number of carbonyl (C=O) groups excluding carboxylic acids is 1. The van der Waals surface area contributed by atoms with Gasteiger partial charge in [-0.2, -0.15) is 0 Å². The Balaban J connectivity index is 1.94. The summed E-state index contributed by atoms with van der Waals surface area (Å²) >= 11 is 0. The number of hydrogen-bond acceptors (Lipinski definition) is 4. The van der Waals surface area contributed by atoms with Crippen molar-refractivity contribution in [2.75, 3.05) is 5.32 Å². The minimum absolute atomic E-state index is 0.284. The largest absolute Gasteiger partial charge is 0.289 e. The smallest absolute Gasteiger partial charge is 0.276 e. The van der Waals surface area contributed by atoms with E-state index in [1.54, 1.807) is 30.7 Å². The van der Waals surface area contributed by atoms with Crippen molar-refractivity contribution in [3.05, 3.63) is 48.0 Å². The SMILES string of the molecule is CCCCCc1ccc(C(=O)Nc2ncccn2)nc1. The zero-order valence-corrected chi connectivity index (χ0v) is 11.5. The Labute approximate surface area is 118 Å². The minimum atomic E-state index is -0.295. The van der Waals surface area contributed by atoms with E-state index < -0.39 is 0 Å². The van der Waals surface area contributed by atoms with E-state index in [1.807, 2.05) is 6.07 Å². The minimum Gasteiger partial charge on any atom is -0.289 e. The quantitative estimate of drug-likeness (QED) is 0.819. The van der Waals surface area contributed by atoms with Crippen molar-refractivity contribution in [3.8, 4) is 0 Å². The van der Waals surface area contributed by atoms with E-state index in [4.69, 9.17) is 0 Å². The molecule has 2 rings (SSSR count). The molecule has 0 saturated carbocycles. The van der Waals surface area contributed by atoms with E-state index >= 15 is 0 Å². The number of hydrogen-bond donors (Lipinski definition) is 1. The lowest BCUT2D eigenvalue weighted by molar-refractivity contribution is 0.102. The summed E-state index contributed by atoms with van der Waals surface area (Å²) in [4.78, 5) is 24.0. The van der Waals surface area contributed by atoms with Gasteiger partial charge in [0.2, 0.25) is 5.95 Å². The lowest BCUT2D eigenvalue weighted by Gasteiger charge is -2.04. The van der Waals surface area contributed by atoms with E-state index in [2.05, 4.69) is 27.2 Å². The number of aromatic nitrogens is 3. The molecule has 0 unspecified atom stereocenters. The van der Waals surface area contributed by atoms with Crippen LogP contribution in [-0.2, 0) is 6.42 Å². The fraction of sp³-hybridized carbons (Fsp3) is 0.333. The molecule has 5 heteroatoms. The van der Waals surface area contributed by atoms with Gasteiger partial charge >= 0.3 is 0 Å². The molecule has 0 radical (unpaired) electrons. The molecule has 0 aliphatic rings. The zero-order chi connectivity index (χ0) is 14.2. The third kappa shape index (κ3) is 4.12. The van der Waals surface area contributed by atoms with E-state index in [1.165, 1.54) is 12.8 Å². The molecule has 0 spiro atoms. The highest BCUT2D eigenvalue weighted by atomic mass is 16.2. The summed E-state index contributed by atoms with van der Waals surface area (Å²) in [5.41, 5.74) is 1.53. The maximum atomic E-state index is 11.9. The van der Waals surface area contributed by atoms with Crippen LogP contribution in [0.3, 0.4) is 0 Å². The number of anilines is 1. The normalized spacial score (nSPS) is 10.2. The van der Waals surface area contributed by atoms with Gasteiger partial charge in [0, 0.05) is 18.6 Å². The first kappa shape index (κ1) is 14.1. The number of aryl methyl sites for hydroxylation is 1. The summed E-state index contributed by atoms with van der Waals surface area (Å²) in [6.07, 6.45) is 9.49. The Morgan fingerprint density at radius 1 is 1.15 bits per heavy atom. The van der Waals surface area contributed by atoms with Gasteiger partial charge in [0.25, 0.3) is 5.91 Å². The van der Waals surface area contributed by atoms with Crippen molar-refractivity contribution < 1.29 is 4.79 Å². The van der Waals surface area contributed by atoms with Crippen molar-refractivity contribution in [2.24, 2.45) is 0 Å². The first-order valence-electron chi connectivity index (χ1n) is 6.83. The number of nitrogens with one attached hydrogen (secondary N) is 1. The van der Waals surface area contributed by atoms with Gasteiger partial charge in [-0.05, 0) is 30.5 Å². The molecule has 0 aromatic carbocycles. The van der Waals surface area contributed by atoms with Crippen LogP contribution in [0.4, 0.5) is 5.95 Å². The van der Waals surface area contributed by atoms with Crippen LogP contribution < -0.4 is 5.32 Å². The Kier molecular flexibility index (Phi) is 5.17. The van der Waals surface area contributed by atoms with E-state index in [-0.39, 0.29) is 11.9 Å². The topological polar surface area (TPSA) is 67.8 Å². The number of carbonyl (C=O) groups is 1. The Morgan fingerprint density at radius 3 is 2.60 bits per heavy atom.